The lowest BCUT2D eigenvalue weighted by Gasteiger charge is -2.07. The maximum Gasteiger partial charge on any atom is 0.416 e. The number of benzene rings is 2. The third kappa shape index (κ3) is 5.20. The monoisotopic (exact) mass is 444 g/mol. The van der Waals surface area contributed by atoms with Gasteiger partial charge in [0.15, 0.2) is 0 Å². The van der Waals surface area contributed by atoms with Crippen molar-refractivity contribution in [2.24, 2.45) is 0 Å². The first-order valence-corrected chi connectivity index (χ1v) is 10.8. The van der Waals surface area contributed by atoms with Gasteiger partial charge in [-0.1, -0.05) is 12.1 Å². The molecule has 3 rings (SSSR count). The van der Waals surface area contributed by atoms with Gasteiger partial charge in [-0.05, 0) is 42.8 Å². The van der Waals surface area contributed by atoms with E-state index in [9.17, 15) is 26.0 Å². The molecule has 29 heavy (non-hydrogen) atoms. The van der Waals surface area contributed by atoms with Crippen molar-refractivity contribution >= 4 is 21.4 Å². The third-order valence-corrected chi connectivity index (χ3v) is 6.52. The number of hydrogen-bond acceptors (Lipinski definition) is 4. The summed E-state index contributed by atoms with van der Waals surface area (Å²) in [4.78, 5) is 4.32. The Bertz CT molecular complexity index is 1110. The lowest BCUT2D eigenvalue weighted by Crippen LogP contribution is -2.26. The van der Waals surface area contributed by atoms with Gasteiger partial charge in [-0.2, -0.15) is 13.2 Å². The number of nitrogens with zero attached hydrogens (tertiary/aromatic N) is 1. The fourth-order valence-electron chi connectivity index (χ4n) is 2.54. The Balaban J connectivity index is 1.62. The van der Waals surface area contributed by atoms with E-state index < -0.39 is 27.6 Å². The molecular weight excluding hydrogens is 428 g/mol. The number of sulfonamides is 1. The van der Waals surface area contributed by atoms with Crippen LogP contribution < -0.4 is 4.72 Å². The summed E-state index contributed by atoms with van der Waals surface area (Å²) in [5, 5.41) is 2.27. The third-order valence-electron chi connectivity index (χ3n) is 4.12. The molecular formula is C19H16F4N2O2S2. The zero-order valence-corrected chi connectivity index (χ0v) is 16.8. The minimum atomic E-state index is -4.40. The highest BCUT2D eigenvalue weighted by atomic mass is 32.2. The highest BCUT2D eigenvalue weighted by Crippen LogP contribution is 2.31. The summed E-state index contributed by atoms with van der Waals surface area (Å²) in [5.74, 6) is -0.484. The largest absolute Gasteiger partial charge is 0.416 e. The van der Waals surface area contributed by atoms with Gasteiger partial charge in [0.2, 0.25) is 10.0 Å². The molecule has 154 valence electrons. The summed E-state index contributed by atoms with van der Waals surface area (Å²) in [6, 6.07) is 8.24. The average Bonchev–Trinajstić information content (AvgIpc) is 3.12. The second kappa shape index (κ2) is 8.21. The maximum absolute atomic E-state index is 13.3. The highest BCUT2D eigenvalue weighted by molar-refractivity contribution is 7.89. The summed E-state index contributed by atoms with van der Waals surface area (Å²) in [6.07, 6.45) is -4.09. The Morgan fingerprint density at radius 3 is 2.41 bits per heavy atom. The van der Waals surface area contributed by atoms with E-state index in [-0.39, 0.29) is 17.0 Å². The fourth-order valence-corrected chi connectivity index (χ4v) is 4.51. The maximum atomic E-state index is 13.3. The van der Waals surface area contributed by atoms with Crippen molar-refractivity contribution in [2.45, 2.75) is 24.4 Å². The smallest absolute Gasteiger partial charge is 0.241 e. The van der Waals surface area contributed by atoms with Crippen LogP contribution in [0.25, 0.3) is 10.6 Å². The highest BCUT2D eigenvalue weighted by Gasteiger charge is 2.30. The average molecular weight is 444 g/mol. The predicted molar refractivity (Wildman–Crippen MR) is 103 cm³/mol. The summed E-state index contributed by atoms with van der Waals surface area (Å²) in [7, 11) is -3.78. The number of rotatable bonds is 6. The quantitative estimate of drug-likeness (QED) is 0.556. The van der Waals surface area contributed by atoms with Crippen LogP contribution in [-0.2, 0) is 22.6 Å². The molecule has 1 N–H and O–H groups in total. The van der Waals surface area contributed by atoms with Crippen LogP contribution in [0.4, 0.5) is 17.6 Å². The van der Waals surface area contributed by atoms with Gasteiger partial charge in [0.05, 0.1) is 16.2 Å². The zero-order chi connectivity index (χ0) is 21.2. The number of aryl methyl sites for hydroxylation is 1. The number of halogens is 4. The van der Waals surface area contributed by atoms with Gasteiger partial charge in [-0.15, -0.1) is 11.3 Å². The van der Waals surface area contributed by atoms with E-state index in [1.807, 2.05) is 0 Å². The molecule has 0 radical (unpaired) electrons. The van der Waals surface area contributed by atoms with E-state index in [1.54, 1.807) is 5.38 Å². The Morgan fingerprint density at radius 1 is 1.10 bits per heavy atom. The van der Waals surface area contributed by atoms with Crippen LogP contribution in [0.2, 0.25) is 0 Å². The van der Waals surface area contributed by atoms with E-state index in [4.69, 9.17) is 0 Å². The first-order valence-electron chi connectivity index (χ1n) is 8.44. The molecule has 0 saturated heterocycles. The molecule has 1 aromatic heterocycles. The molecule has 0 aliphatic carbocycles. The minimum absolute atomic E-state index is 0.0277. The Kier molecular flexibility index (Phi) is 6.06. The second-order valence-corrected chi connectivity index (χ2v) is 8.90. The van der Waals surface area contributed by atoms with E-state index in [0.29, 0.717) is 22.7 Å². The van der Waals surface area contributed by atoms with Crippen LogP contribution in [0, 0.1) is 12.7 Å². The molecule has 0 unspecified atom stereocenters. The molecule has 0 aliphatic heterocycles. The van der Waals surface area contributed by atoms with Gasteiger partial charge in [0.1, 0.15) is 10.8 Å². The summed E-state index contributed by atoms with van der Waals surface area (Å²) in [5.41, 5.74) is 0.663. The van der Waals surface area contributed by atoms with Gasteiger partial charge in [0.25, 0.3) is 0 Å². The van der Waals surface area contributed by atoms with Gasteiger partial charge in [-0.3, -0.25) is 0 Å². The van der Waals surface area contributed by atoms with Crippen LogP contribution in [0.15, 0.2) is 52.7 Å². The summed E-state index contributed by atoms with van der Waals surface area (Å²) >= 11 is 1.26. The molecule has 0 bridgehead atoms. The molecule has 0 fully saturated rings. The topological polar surface area (TPSA) is 59.1 Å². The van der Waals surface area contributed by atoms with Gasteiger partial charge < -0.3 is 0 Å². The van der Waals surface area contributed by atoms with Gasteiger partial charge in [-0.25, -0.2) is 22.5 Å². The van der Waals surface area contributed by atoms with Gasteiger partial charge >= 0.3 is 6.18 Å². The van der Waals surface area contributed by atoms with Crippen molar-refractivity contribution in [3.05, 3.63) is 70.5 Å². The van der Waals surface area contributed by atoms with E-state index in [0.717, 1.165) is 18.2 Å². The van der Waals surface area contributed by atoms with Crippen molar-refractivity contribution in [3.63, 3.8) is 0 Å². The molecule has 10 heteroatoms. The standard InChI is InChI=1S/C19H16F4N2O2S2/c1-12-10-16(6-7-17(12)20)29(26,27)24-9-8-15-11-28-18(25-15)13-2-4-14(5-3-13)19(21,22)23/h2-7,10-11,24H,8-9H2,1H3. The van der Waals surface area contributed by atoms with Crippen molar-refractivity contribution in [3.8, 4) is 10.6 Å². The minimum Gasteiger partial charge on any atom is -0.241 e. The molecule has 0 aliphatic rings. The van der Waals surface area contributed by atoms with Crippen LogP contribution in [-0.4, -0.2) is 19.9 Å². The predicted octanol–water partition coefficient (Wildman–Crippen LogP) is 4.80. The molecule has 2 aromatic carbocycles. The number of nitrogens with one attached hydrogen (secondary N) is 1. The molecule has 1 heterocycles. The molecule has 4 nitrogen and oxygen atoms in total. The Labute approximate surface area is 169 Å². The first-order chi connectivity index (χ1) is 13.6. The normalized spacial score (nSPS) is 12.3. The molecule has 0 spiro atoms. The van der Waals surface area contributed by atoms with E-state index in [2.05, 4.69) is 9.71 Å². The SMILES string of the molecule is Cc1cc(S(=O)(=O)NCCc2csc(-c3ccc(C(F)(F)F)cc3)n2)ccc1F. The van der Waals surface area contributed by atoms with Gasteiger partial charge in [0, 0.05) is 23.9 Å². The Hall–Kier alpha value is -2.30. The van der Waals surface area contributed by atoms with Crippen LogP contribution >= 0.6 is 11.3 Å². The fraction of sp³-hybridized carbons (Fsp3) is 0.211. The number of alkyl halides is 3. The lowest BCUT2D eigenvalue weighted by molar-refractivity contribution is -0.137. The van der Waals surface area contributed by atoms with Crippen molar-refractivity contribution < 1.29 is 26.0 Å². The van der Waals surface area contributed by atoms with E-state index in [1.165, 1.54) is 42.5 Å². The number of thiazole rings is 1. The van der Waals surface area contributed by atoms with Crippen molar-refractivity contribution in [1.82, 2.24) is 9.71 Å². The van der Waals surface area contributed by atoms with Crippen LogP contribution in [0.5, 0.6) is 0 Å². The van der Waals surface area contributed by atoms with E-state index >= 15 is 0 Å². The molecule has 0 saturated carbocycles. The number of hydrogen-bond donors (Lipinski definition) is 1. The van der Waals surface area contributed by atoms with Crippen LogP contribution in [0.1, 0.15) is 16.8 Å². The van der Waals surface area contributed by atoms with Crippen molar-refractivity contribution in [1.29, 1.82) is 0 Å². The summed E-state index contributed by atoms with van der Waals surface area (Å²) in [6.45, 7) is 1.56. The Morgan fingerprint density at radius 2 is 1.79 bits per heavy atom. The van der Waals surface area contributed by atoms with Crippen LogP contribution in [0.3, 0.4) is 0 Å². The zero-order valence-electron chi connectivity index (χ0n) is 15.1. The molecule has 3 aromatic rings. The first kappa shape index (κ1) is 21.4. The second-order valence-electron chi connectivity index (χ2n) is 6.28. The summed E-state index contributed by atoms with van der Waals surface area (Å²) < 4.78 is 78.2. The lowest BCUT2D eigenvalue weighted by atomic mass is 10.1. The molecule has 0 amide bonds. The number of aromatic nitrogens is 1. The van der Waals surface area contributed by atoms with Crippen molar-refractivity contribution in [2.75, 3.05) is 6.54 Å². The molecule has 0 atom stereocenters.